The van der Waals surface area contributed by atoms with Crippen molar-refractivity contribution in [1.29, 1.82) is 0 Å². The first kappa shape index (κ1) is 19.0. The zero-order valence-electron chi connectivity index (χ0n) is 17.1. The number of aliphatic imine (C=N–C) groups is 1. The third-order valence-electron chi connectivity index (χ3n) is 5.71. The van der Waals surface area contributed by atoms with Crippen LogP contribution in [0.4, 0.5) is 0 Å². The Bertz CT molecular complexity index is 1180. The molecule has 4 aliphatic rings. The average molecular weight is 417 g/mol. The van der Waals surface area contributed by atoms with Gasteiger partial charge in [0, 0.05) is 13.2 Å². The fourth-order valence-electron chi connectivity index (χ4n) is 4.39. The second-order valence-electron chi connectivity index (χ2n) is 7.25. The lowest BCUT2D eigenvalue weighted by molar-refractivity contribution is -0.140. The summed E-state index contributed by atoms with van der Waals surface area (Å²) in [5.41, 5.74) is 0.670. The summed E-state index contributed by atoms with van der Waals surface area (Å²) in [7, 11) is 4.25. The van der Waals surface area contributed by atoms with Gasteiger partial charge < -0.3 is 9.47 Å². The van der Waals surface area contributed by atoms with Crippen LogP contribution in [0, 0.1) is 5.92 Å². The number of carbonyl (C=O) groups excluding carboxylic acids is 2. The van der Waals surface area contributed by atoms with E-state index in [4.69, 9.17) is 24.7 Å². The van der Waals surface area contributed by atoms with Gasteiger partial charge in [0.25, 0.3) is 0 Å². The smallest absolute Gasteiger partial charge is 0.339 e. The Kier molecular flexibility index (Phi) is 4.14. The van der Waals surface area contributed by atoms with Crippen LogP contribution in [0.15, 0.2) is 81.1 Å². The van der Waals surface area contributed by atoms with Gasteiger partial charge >= 0.3 is 11.9 Å². The Morgan fingerprint density at radius 3 is 2.48 bits per heavy atom. The summed E-state index contributed by atoms with van der Waals surface area (Å²) in [4.78, 5) is 30.9. The van der Waals surface area contributed by atoms with Crippen LogP contribution in [-0.4, -0.2) is 66.1 Å². The monoisotopic (exact) mass is 417 g/mol. The van der Waals surface area contributed by atoms with E-state index in [1.165, 1.54) is 14.2 Å². The highest BCUT2D eigenvalue weighted by atomic mass is 16.5. The maximum absolute atomic E-state index is 13.1. The number of rotatable bonds is 3. The molecular weight excluding hydrogens is 398 g/mol. The number of ether oxygens (including phenoxy) is 2. The molecule has 0 aromatic heterocycles. The number of nitrogens with zero attached hydrogens (tertiary/aromatic N) is 5. The Morgan fingerprint density at radius 2 is 1.77 bits per heavy atom. The fraction of sp³-hybridized carbons (Fsp3) is 0.227. The number of hydrogen-bond acceptors (Lipinski definition) is 9. The molecule has 2 atom stereocenters. The van der Waals surface area contributed by atoms with E-state index in [0.29, 0.717) is 17.3 Å². The highest BCUT2D eigenvalue weighted by Gasteiger charge is 2.65. The number of amidine groups is 1. The van der Waals surface area contributed by atoms with Crippen LogP contribution in [0.5, 0.6) is 0 Å². The quantitative estimate of drug-likeness (QED) is 0.691. The molecule has 9 heteroatoms. The Labute approximate surface area is 178 Å². The molecular formula is C22H19N5O4. The molecule has 31 heavy (non-hydrogen) atoms. The van der Waals surface area contributed by atoms with Gasteiger partial charge in [-0.15, -0.1) is 0 Å². The van der Waals surface area contributed by atoms with Crippen molar-refractivity contribution in [1.82, 2.24) is 10.0 Å². The molecule has 0 spiro atoms. The molecule has 0 radical (unpaired) electrons. The number of benzene rings is 1. The summed E-state index contributed by atoms with van der Waals surface area (Å²) in [5, 5.41) is 12.8. The van der Waals surface area contributed by atoms with Crippen LogP contribution < -0.4 is 0 Å². The lowest BCUT2D eigenvalue weighted by Gasteiger charge is -2.43. The first-order chi connectivity index (χ1) is 15.0. The normalized spacial score (nSPS) is 25.4. The van der Waals surface area contributed by atoms with Gasteiger partial charge in [-0.05, 0) is 17.7 Å². The minimum absolute atomic E-state index is 0.0675. The predicted molar refractivity (Wildman–Crippen MR) is 113 cm³/mol. The van der Waals surface area contributed by atoms with Crippen LogP contribution >= 0.6 is 0 Å². The second kappa shape index (κ2) is 6.76. The van der Waals surface area contributed by atoms with Crippen LogP contribution in [0.1, 0.15) is 5.56 Å². The maximum Gasteiger partial charge on any atom is 0.339 e. The highest BCUT2D eigenvalue weighted by Crippen LogP contribution is 2.49. The van der Waals surface area contributed by atoms with Crippen molar-refractivity contribution in [2.75, 3.05) is 21.3 Å². The van der Waals surface area contributed by atoms with Crippen molar-refractivity contribution in [2.24, 2.45) is 21.1 Å². The lowest BCUT2D eigenvalue weighted by Crippen LogP contribution is -2.58. The van der Waals surface area contributed by atoms with Crippen LogP contribution in [0.3, 0.4) is 0 Å². The van der Waals surface area contributed by atoms with Gasteiger partial charge in [0.2, 0.25) is 5.66 Å². The van der Waals surface area contributed by atoms with Crippen molar-refractivity contribution in [3.05, 3.63) is 71.5 Å². The topological polar surface area (TPSA) is 96.2 Å². The number of carbonyl (C=O) groups is 2. The fourth-order valence-corrected chi connectivity index (χ4v) is 4.39. The molecule has 0 amide bonds. The van der Waals surface area contributed by atoms with Gasteiger partial charge in [-0.25, -0.2) is 19.6 Å². The van der Waals surface area contributed by atoms with E-state index in [2.05, 4.69) is 0 Å². The molecule has 0 saturated heterocycles. The van der Waals surface area contributed by atoms with Gasteiger partial charge in [0.15, 0.2) is 5.84 Å². The number of hydrogen-bond donors (Lipinski definition) is 0. The van der Waals surface area contributed by atoms with Gasteiger partial charge in [-0.1, -0.05) is 36.4 Å². The largest absolute Gasteiger partial charge is 0.466 e. The molecule has 1 aliphatic carbocycles. The van der Waals surface area contributed by atoms with Crippen LogP contribution in [-0.2, 0) is 19.1 Å². The van der Waals surface area contributed by atoms with E-state index < -0.39 is 23.5 Å². The predicted octanol–water partition coefficient (Wildman–Crippen LogP) is 1.46. The third-order valence-corrected chi connectivity index (χ3v) is 5.71. The first-order valence-corrected chi connectivity index (χ1v) is 9.65. The van der Waals surface area contributed by atoms with Crippen LogP contribution in [0.2, 0.25) is 0 Å². The van der Waals surface area contributed by atoms with Crippen molar-refractivity contribution in [3.8, 4) is 0 Å². The number of allylic oxidation sites excluding steroid dienone is 2. The van der Waals surface area contributed by atoms with E-state index in [-0.39, 0.29) is 11.1 Å². The van der Waals surface area contributed by atoms with E-state index in [1.807, 2.05) is 42.5 Å². The summed E-state index contributed by atoms with van der Waals surface area (Å²) in [6, 6.07) is 9.45. The molecule has 3 aliphatic heterocycles. The Morgan fingerprint density at radius 1 is 1.03 bits per heavy atom. The van der Waals surface area contributed by atoms with Crippen molar-refractivity contribution in [2.45, 2.75) is 5.66 Å². The summed E-state index contributed by atoms with van der Waals surface area (Å²) in [6.45, 7) is 0. The molecule has 0 N–H and O–H groups in total. The zero-order chi connectivity index (χ0) is 21.8. The number of hydrazone groups is 2. The Balaban J connectivity index is 1.85. The van der Waals surface area contributed by atoms with E-state index in [0.717, 1.165) is 5.56 Å². The van der Waals surface area contributed by atoms with Crippen molar-refractivity contribution in [3.63, 3.8) is 0 Å². The van der Waals surface area contributed by atoms with Gasteiger partial charge in [-0.3, -0.25) is 5.01 Å². The molecule has 9 nitrogen and oxygen atoms in total. The molecule has 156 valence electrons. The minimum atomic E-state index is -1.40. The molecule has 1 aromatic rings. The maximum atomic E-state index is 13.1. The van der Waals surface area contributed by atoms with Gasteiger partial charge in [-0.2, -0.15) is 10.2 Å². The summed E-state index contributed by atoms with van der Waals surface area (Å²) in [5.74, 6) is -1.53. The molecule has 0 fully saturated rings. The summed E-state index contributed by atoms with van der Waals surface area (Å²) >= 11 is 0. The molecule has 1 aromatic carbocycles. The zero-order valence-corrected chi connectivity index (χ0v) is 17.1. The molecule has 3 heterocycles. The standard InChI is InChI=1S/C22H19N5O4/c1-26-22-17(21(29)31-3)15(20(28)30-2)16(18(24-26)13-9-5-4-6-10-13)19(22)25-27-12-8-7-11-14(27)23-22/h4-12,16H,1-3H3. The first-order valence-electron chi connectivity index (χ1n) is 9.65. The number of esters is 2. The average Bonchev–Trinajstić information content (AvgIpc) is 3.05. The second-order valence-corrected chi connectivity index (χ2v) is 7.25. The lowest BCUT2D eigenvalue weighted by atomic mass is 9.86. The number of likely N-dealkylation sites (N-methyl/N-ethyl adjacent to an activating group) is 1. The van der Waals surface area contributed by atoms with Crippen molar-refractivity contribution < 1.29 is 19.1 Å². The molecule has 5 rings (SSSR count). The Hall–Kier alpha value is -4.01. The van der Waals surface area contributed by atoms with Gasteiger partial charge in [0.05, 0.1) is 31.4 Å². The van der Waals surface area contributed by atoms with E-state index in [1.54, 1.807) is 29.3 Å². The highest BCUT2D eigenvalue weighted by molar-refractivity contribution is 6.32. The van der Waals surface area contributed by atoms with Crippen molar-refractivity contribution >= 4 is 29.2 Å². The van der Waals surface area contributed by atoms with Crippen LogP contribution in [0.25, 0.3) is 0 Å². The summed E-state index contributed by atoms with van der Waals surface area (Å²) < 4.78 is 10.2. The molecule has 2 bridgehead atoms. The number of methoxy groups -OCH3 is 2. The molecule has 0 saturated carbocycles. The van der Waals surface area contributed by atoms with Gasteiger partial charge in [0.1, 0.15) is 11.3 Å². The SMILES string of the molecule is COC(=O)C1=C(C(=O)OC)C23N=C4C=CC=CN4N=C2C1C(c1ccccc1)=NN3C. The minimum Gasteiger partial charge on any atom is -0.466 e. The summed E-state index contributed by atoms with van der Waals surface area (Å²) in [6.07, 6.45) is 7.20. The van der Waals surface area contributed by atoms with E-state index >= 15 is 0 Å². The number of fused-ring (bicyclic) bond motifs is 1. The third kappa shape index (κ3) is 2.46. The van der Waals surface area contributed by atoms with E-state index in [9.17, 15) is 9.59 Å². The molecule has 2 unspecified atom stereocenters.